The van der Waals surface area contributed by atoms with Crippen LogP contribution in [0.5, 0.6) is 0 Å². The largest absolute Gasteiger partial charge is 0.344 e. The molecule has 106 valence electrons. The monoisotopic (exact) mass is 271 g/mol. The molecule has 0 aliphatic rings. The van der Waals surface area contributed by atoms with Crippen molar-refractivity contribution in [3.63, 3.8) is 0 Å². The van der Waals surface area contributed by atoms with Crippen molar-refractivity contribution < 1.29 is 4.79 Å². The molecular weight excluding hydrogens is 250 g/mol. The zero-order valence-corrected chi connectivity index (χ0v) is 12.5. The summed E-state index contributed by atoms with van der Waals surface area (Å²) in [5.74, 6) is -0.0971. The second kappa shape index (κ2) is 5.90. The van der Waals surface area contributed by atoms with E-state index in [-0.39, 0.29) is 11.9 Å². The van der Waals surface area contributed by atoms with Gasteiger partial charge in [-0.1, -0.05) is 31.2 Å². The maximum absolute atomic E-state index is 12.2. The van der Waals surface area contributed by atoms with Gasteiger partial charge >= 0.3 is 0 Å². The lowest BCUT2D eigenvalue weighted by molar-refractivity contribution is 0.0930. The molecule has 1 aromatic heterocycles. The minimum Gasteiger partial charge on any atom is -0.344 e. The summed E-state index contributed by atoms with van der Waals surface area (Å²) in [5.41, 5.74) is 3.83. The van der Waals surface area contributed by atoms with E-state index in [0.717, 1.165) is 17.7 Å². The van der Waals surface area contributed by atoms with Crippen LogP contribution in [-0.2, 0) is 13.5 Å². The molecular formula is C16H21N3O. The Bertz CT molecular complexity index is 599. The summed E-state index contributed by atoms with van der Waals surface area (Å²) in [6.07, 6.45) is 1.02. The van der Waals surface area contributed by atoms with E-state index in [9.17, 15) is 4.79 Å². The standard InChI is InChI=1S/C16H21N3O/c1-5-13-6-8-14(9-7-13)12(3)17-16(20)15-10-11(2)18-19(15)4/h6-10,12H,5H2,1-4H3,(H,17,20)/t12-/m0/s1. The zero-order valence-electron chi connectivity index (χ0n) is 12.5. The van der Waals surface area contributed by atoms with E-state index >= 15 is 0 Å². The van der Waals surface area contributed by atoms with E-state index in [1.165, 1.54) is 5.56 Å². The van der Waals surface area contributed by atoms with Gasteiger partial charge in [0.25, 0.3) is 5.91 Å². The van der Waals surface area contributed by atoms with Gasteiger partial charge in [-0.2, -0.15) is 5.10 Å². The van der Waals surface area contributed by atoms with Crippen molar-refractivity contribution >= 4 is 5.91 Å². The van der Waals surface area contributed by atoms with E-state index in [4.69, 9.17) is 0 Å². The van der Waals surface area contributed by atoms with Gasteiger partial charge < -0.3 is 5.32 Å². The number of aryl methyl sites for hydroxylation is 3. The van der Waals surface area contributed by atoms with Crippen LogP contribution in [0.2, 0.25) is 0 Å². The van der Waals surface area contributed by atoms with Crippen molar-refractivity contribution in [1.82, 2.24) is 15.1 Å². The van der Waals surface area contributed by atoms with Crippen molar-refractivity contribution in [1.29, 1.82) is 0 Å². The van der Waals surface area contributed by atoms with Crippen LogP contribution < -0.4 is 5.32 Å². The van der Waals surface area contributed by atoms with Crippen molar-refractivity contribution in [3.05, 3.63) is 52.8 Å². The predicted molar refractivity (Wildman–Crippen MR) is 79.6 cm³/mol. The first-order valence-electron chi connectivity index (χ1n) is 6.91. The highest BCUT2D eigenvalue weighted by atomic mass is 16.2. The summed E-state index contributed by atoms with van der Waals surface area (Å²) in [7, 11) is 1.78. The highest BCUT2D eigenvalue weighted by Crippen LogP contribution is 2.14. The van der Waals surface area contributed by atoms with Crippen molar-refractivity contribution in [2.24, 2.45) is 7.05 Å². The number of hydrogen-bond acceptors (Lipinski definition) is 2. The van der Waals surface area contributed by atoms with Crippen LogP contribution in [0.1, 0.15) is 47.2 Å². The molecule has 0 spiro atoms. The second-order valence-corrected chi connectivity index (χ2v) is 5.08. The van der Waals surface area contributed by atoms with Gasteiger partial charge in [-0.15, -0.1) is 0 Å². The molecule has 0 fully saturated rings. The first-order valence-corrected chi connectivity index (χ1v) is 6.91. The predicted octanol–water partition coefficient (Wildman–Crippen LogP) is 2.78. The molecule has 1 N–H and O–H groups in total. The normalized spacial score (nSPS) is 12.2. The molecule has 2 aromatic rings. The van der Waals surface area contributed by atoms with Gasteiger partial charge in [-0.25, -0.2) is 0 Å². The molecule has 0 radical (unpaired) electrons. The highest BCUT2D eigenvalue weighted by molar-refractivity contribution is 5.92. The molecule has 0 saturated carbocycles. The molecule has 1 heterocycles. The fourth-order valence-corrected chi connectivity index (χ4v) is 2.22. The maximum Gasteiger partial charge on any atom is 0.270 e. The Hall–Kier alpha value is -2.10. The third-order valence-electron chi connectivity index (χ3n) is 3.47. The van der Waals surface area contributed by atoms with Gasteiger partial charge in [-0.05, 0) is 37.5 Å². The number of aromatic nitrogens is 2. The molecule has 1 amide bonds. The molecule has 0 unspecified atom stereocenters. The van der Waals surface area contributed by atoms with Crippen LogP contribution in [0.4, 0.5) is 0 Å². The summed E-state index contributed by atoms with van der Waals surface area (Å²) in [6, 6.07) is 10.1. The zero-order chi connectivity index (χ0) is 14.7. The minimum atomic E-state index is -0.0971. The smallest absolute Gasteiger partial charge is 0.270 e. The Morgan fingerprint density at radius 3 is 2.50 bits per heavy atom. The SMILES string of the molecule is CCc1ccc([C@H](C)NC(=O)c2cc(C)nn2C)cc1. The fraction of sp³-hybridized carbons (Fsp3) is 0.375. The van der Waals surface area contributed by atoms with Crippen LogP contribution in [-0.4, -0.2) is 15.7 Å². The Balaban J connectivity index is 2.08. The number of benzene rings is 1. The number of carbonyl (C=O) groups excluding carboxylic acids is 1. The van der Waals surface area contributed by atoms with Gasteiger partial charge in [0.2, 0.25) is 0 Å². The summed E-state index contributed by atoms with van der Waals surface area (Å²) in [6.45, 7) is 6.00. The molecule has 1 aromatic carbocycles. The van der Waals surface area contributed by atoms with Crippen LogP contribution in [0.25, 0.3) is 0 Å². The Morgan fingerprint density at radius 1 is 1.35 bits per heavy atom. The topological polar surface area (TPSA) is 46.9 Å². The van der Waals surface area contributed by atoms with E-state index in [1.807, 2.05) is 13.8 Å². The fourth-order valence-electron chi connectivity index (χ4n) is 2.22. The Kier molecular flexibility index (Phi) is 4.23. The average Bonchev–Trinajstić information content (AvgIpc) is 2.78. The lowest BCUT2D eigenvalue weighted by Crippen LogP contribution is -2.28. The van der Waals surface area contributed by atoms with Crippen LogP contribution in [0.15, 0.2) is 30.3 Å². The second-order valence-electron chi connectivity index (χ2n) is 5.08. The number of rotatable bonds is 4. The molecule has 0 bridgehead atoms. The summed E-state index contributed by atoms with van der Waals surface area (Å²) in [4.78, 5) is 12.2. The molecule has 4 heteroatoms. The first kappa shape index (κ1) is 14.3. The third kappa shape index (κ3) is 3.07. The molecule has 1 atom stereocenters. The quantitative estimate of drug-likeness (QED) is 0.929. The number of carbonyl (C=O) groups is 1. The van der Waals surface area contributed by atoms with Crippen LogP contribution in [0.3, 0.4) is 0 Å². The Labute approximate surface area is 119 Å². The molecule has 2 rings (SSSR count). The third-order valence-corrected chi connectivity index (χ3v) is 3.47. The van der Waals surface area contributed by atoms with Gasteiger partial charge in [0, 0.05) is 7.05 Å². The highest BCUT2D eigenvalue weighted by Gasteiger charge is 2.15. The lowest BCUT2D eigenvalue weighted by Gasteiger charge is -2.14. The van der Waals surface area contributed by atoms with Crippen molar-refractivity contribution in [2.45, 2.75) is 33.2 Å². The molecule has 20 heavy (non-hydrogen) atoms. The van der Waals surface area contributed by atoms with Gasteiger partial charge in [0.1, 0.15) is 5.69 Å². The number of nitrogens with one attached hydrogen (secondary N) is 1. The lowest BCUT2D eigenvalue weighted by atomic mass is 10.0. The summed E-state index contributed by atoms with van der Waals surface area (Å²) >= 11 is 0. The van der Waals surface area contributed by atoms with Crippen LogP contribution in [0, 0.1) is 6.92 Å². The van der Waals surface area contributed by atoms with E-state index in [2.05, 4.69) is 41.6 Å². The van der Waals surface area contributed by atoms with Gasteiger partial charge in [0.05, 0.1) is 11.7 Å². The maximum atomic E-state index is 12.2. The summed E-state index contributed by atoms with van der Waals surface area (Å²) in [5, 5.41) is 7.20. The molecule has 4 nitrogen and oxygen atoms in total. The molecule has 0 saturated heterocycles. The van der Waals surface area contributed by atoms with Crippen LogP contribution >= 0.6 is 0 Å². The van der Waals surface area contributed by atoms with E-state index in [1.54, 1.807) is 17.8 Å². The first-order chi connectivity index (χ1) is 9.51. The van der Waals surface area contributed by atoms with Crippen molar-refractivity contribution in [2.75, 3.05) is 0 Å². The van der Waals surface area contributed by atoms with E-state index in [0.29, 0.717) is 5.69 Å². The molecule has 0 aliphatic heterocycles. The van der Waals surface area contributed by atoms with Crippen molar-refractivity contribution in [3.8, 4) is 0 Å². The van der Waals surface area contributed by atoms with Gasteiger partial charge in [-0.3, -0.25) is 9.48 Å². The average molecular weight is 271 g/mol. The number of hydrogen-bond donors (Lipinski definition) is 1. The van der Waals surface area contributed by atoms with E-state index < -0.39 is 0 Å². The Morgan fingerprint density at radius 2 is 2.00 bits per heavy atom. The molecule has 0 aliphatic carbocycles. The van der Waals surface area contributed by atoms with Gasteiger partial charge in [0.15, 0.2) is 0 Å². The number of nitrogens with zero attached hydrogens (tertiary/aromatic N) is 2. The summed E-state index contributed by atoms with van der Waals surface area (Å²) < 4.78 is 1.61. The minimum absolute atomic E-state index is 0.0244. The number of amides is 1.